The smallest absolute Gasteiger partial charge is 0.329 e. The Morgan fingerprint density at radius 1 is 1.30 bits per heavy atom. The number of carbonyl (C=O) groups excluding carboxylic acids is 1. The first kappa shape index (κ1) is 16.5. The van der Waals surface area contributed by atoms with Crippen molar-refractivity contribution < 1.29 is 14.3 Å². The van der Waals surface area contributed by atoms with Gasteiger partial charge in [-0.3, -0.25) is 5.32 Å². The lowest BCUT2D eigenvalue weighted by Crippen LogP contribution is -2.54. The molecule has 1 rings (SSSR count). The lowest BCUT2D eigenvalue weighted by Gasteiger charge is -2.28. The van der Waals surface area contributed by atoms with Crippen molar-refractivity contribution in [3.8, 4) is 5.75 Å². The van der Waals surface area contributed by atoms with Gasteiger partial charge in [-0.1, -0.05) is 19.1 Å². The van der Waals surface area contributed by atoms with Gasteiger partial charge in [0.1, 0.15) is 17.9 Å². The number of benzene rings is 1. The number of ether oxygens (including phenoxy) is 2. The van der Waals surface area contributed by atoms with Crippen LogP contribution < -0.4 is 10.1 Å². The van der Waals surface area contributed by atoms with Gasteiger partial charge in [0.05, 0.1) is 6.61 Å². The van der Waals surface area contributed by atoms with Gasteiger partial charge in [0.15, 0.2) is 0 Å². The second kappa shape index (κ2) is 7.29. The number of likely N-dealkylation sites (N-methyl/N-ethyl adjacent to an activating group) is 1. The third kappa shape index (κ3) is 4.23. The van der Waals surface area contributed by atoms with Crippen LogP contribution in [0.5, 0.6) is 5.75 Å². The molecule has 0 spiro atoms. The van der Waals surface area contributed by atoms with E-state index in [9.17, 15) is 4.79 Å². The Kier molecular flexibility index (Phi) is 6.02. The van der Waals surface area contributed by atoms with Gasteiger partial charge in [0.2, 0.25) is 0 Å². The molecule has 0 saturated carbocycles. The minimum Gasteiger partial charge on any atom is -0.491 e. The number of hydrogen-bond donors (Lipinski definition) is 1. The molecular weight excluding hydrogens is 254 g/mol. The van der Waals surface area contributed by atoms with Gasteiger partial charge >= 0.3 is 5.97 Å². The van der Waals surface area contributed by atoms with Crippen LogP contribution in [0, 0.1) is 13.8 Å². The molecular formula is C16H25NO3. The highest BCUT2D eigenvalue weighted by Crippen LogP contribution is 2.21. The van der Waals surface area contributed by atoms with Crippen molar-refractivity contribution in [2.45, 2.75) is 40.2 Å². The second-order valence-corrected chi connectivity index (χ2v) is 5.14. The van der Waals surface area contributed by atoms with Crippen molar-refractivity contribution in [2.24, 2.45) is 0 Å². The van der Waals surface area contributed by atoms with E-state index in [0.29, 0.717) is 13.2 Å². The Labute approximate surface area is 121 Å². The summed E-state index contributed by atoms with van der Waals surface area (Å²) in [6, 6.07) is 6.03. The molecule has 20 heavy (non-hydrogen) atoms. The Hall–Kier alpha value is -1.55. The maximum absolute atomic E-state index is 12.1. The van der Waals surface area contributed by atoms with Gasteiger partial charge in [-0.05, 0) is 51.4 Å². The molecule has 112 valence electrons. The number of carbonyl (C=O) groups is 1. The number of nitrogens with one attached hydrogen (secondary N) is 1. The average Bonchev–Trinajstić information content (AvgIpc) is 2.40. The number of hydrogen-bond acceptors (Lipinski definition) is 4. The molecule has 0 heterocycles. The van der Waals surface area contributed by atoms with Crippen molar-refractivity contribution in [2.75, 3.05) is 19.8 Å². The number of esters is 1. The Morgan fingerprint density at radius 2 is 2.00 bits per heavy atom. The van der Waals surface area contributed by atoms with Gasteiger partial charge in [0.25, 0.3) is 0 Å². The minimum atomic E-state index is -0.832. The SMILES string of the molecule is CCNC(C)(COc1cc(C)ccc1C)C(=O)OCC. The summed E-state index contributed by atoms with van der Waals surface area (Å²) in [5, 5.41) is 3.15. The first-order valence-electron chi connectivity index (χ1n) is 7.05. The van der Waals surface area contributed by atoms with E-state index < -0.39 is 5.54 Å². The van der Waals surface area contributed by atoms with Crippen LogP contribution in [0.1, 0.15) is 31.9 Å². The maximum atomic E-state index is 12.1. The quantitative estimate of drug-likeness (QED) is 0.779. The number of rotatable bonds is 7. The summed E-state index contributed by atoms with van der Waals surface area (Å²) in [4.78, 5) is 12.1. The highest BCUT2D eigenvalue weighted by Gasteiger charge is 2.35. The topological polar surface area (TPSA) is 47.6 Å². The second-order valence-electron chi connectivity index (χ2n) is 5.14. The summed E-state index contributed by atoms with van der Waals surface area (Å²) in [6.45, 7) is 10.8. The summed E-state index contributed by atoms with van der Waals surface area (Å²) >= 11 is 0. The molecule has 1 N–H and O–H groups in total. The molecule has 0 aliphatic carbocycles. The fourth-order valence-electron chi connectivity index (χ4n) is 1.95. The van der Waals surface area contributed by atoms with Crippen LogP contribution in [-0.2, 0) is 9.53 Å². The highest BCUT2D eigenvalue weighted by molar-refractivity contribution is 5.80. The van der Waals surface area contributed by atoms with Crippen molar-refractivity contribution in [1.82, 2.24) is 5.32 Å². The van der Waals surface area contributed by atoms with Crippen LogP contribution in [0.4, 0.5) is 0 Å². The average molecular weight is 279 g/mol. The zero-order valence-electron chi connectivity index (χ0n) is 13.1. The first-order chi connectivity index (χ1) is 9.42. The molecule has 4 nitrogen and oxygen atoms in total. The minimum absolute atomic E-state index is 0.240. The summed E-state index contributed by atoms with van der Waals surface area (Å²) in [5.41, 5.74) is 1.35. The Bertz CT molecular complexity index is 459. The van der Waals surface area contributed by atoms with Gasteiger partial charge in [0, 0.05) is 0 Å². The zero-order chi connectivity index (χ0) is 15.2. The Balaban J connectivity index is 2.81. The molecule has 0 saturated heterocycles. The van der Waals surface area contributed by atoms with Crippen molar-refractivity contribution in [3.05, 3.63) is 29.3 Å². The molecule has 0 fully saturated rings. The molecule has 0 radical (unpaired) electrons. The van der Waals surface area contributed by atoms with E-state index in [4.69, 9.17) is 9.47 Å². The predicted molar refractivity (Wildman–Crippen MR) is 80.1 cm³/mol. The molecule has 0 amide bonds. The third-order valence-corrected chi connectivity index (χ3v) is 3.15. The summed E-state index contributed by atoms with van der Waals surface area (Å²) in [5.74, 6) is 0.519. The summed E-state index contributed by atoms with van der Waals surface area (Å²) in [6.07, 6.45) is 0. The van der Waals surface area contributed by atoms with E-state index in [2.05, 4.69) is 5.32 Å². The Morgan fingerprint density at radius 3 is 2.60 bits per heavy atom. The maximum Gasteiger partial charge on any atom is 0.329 e. The van der Waals surface area contributed by atoms with Crippen molar-refractivity contribution in [3.63, 3.8) is 0 Å². The molecule has 1 aromatic rings. The van der Waals surface area contributed by atoms with Crippen LogP contribution in [0.25, 0.3) is 0 Å². The molecule has 4 heteroatoms. The lowest BCUT2D eigenvalue weighted by molar-refractivity contribution is -0.151. The van der Waals surface area contributed by atoms with Gasteiger partial charge in [-0.15, -0.1) is 0 Å². The van der Waals surface area contributed by atoms with Crippen LogP contribution in [0.15, 0.2) is 18.2 Å². The fourth-order valence-corrected chi connectivity index (χ4v) is 1.95. The first-order valence-corrected chi connectivity index (χ1v) is 7.05. The lowest BCUT2D eigenvalue weighted by atomic mass is 10.0. The summed E-state index contributed by atoms with van der Waals surface area (Å²) in [7, 11) is 0. The van der Waals surface area contributed by atoms with Crippen molar-refractivity contribution >= 4 is 5.97 Å². The van der Waals surface area contributed by atoms with Crippen LogP contribution >= 0.6 is 0 Å². The standard InChI is InChI=1S/C16H25NO3/c1-6-17-16(5,15(18)19-7-2)11-20-14-10-12(3)8-9-13(14)4/h8-10,17H,6-7,11H2,1-5H3. The van der Waals surface area contributed by atoms with E-state index in [0.717, 1.165) is 16.9 Å². The molecule has 1 unspecified atom stereocenters. The van der Waals surface area contributed by atoms with Gasteiger partial charge in [-0.25, -0.2) is 4.79 Å². The highest BCUT2D eigenvalue weighted by atomic mass is 16.5. The molecule has 0 bridgehead atoms. The third-order valence-electron chi connectivity index (χ3n) is 3.15. The zero-order valence-corrected chi connectivity index (χ0v) is 13.1. The normalized spacial score (nSPS) is 13.7. The van der Waals surface area contributed by atoms with Gasteiger partial charge in [-0.2, -0.15) is 0 Å². The monoisotopic (exact) mass is 279 g/mol. The van der Waals surface area contributed by atoms with E-state index in [-0.39, 0.29) is 12.6 Å². The molecule has 1 aromatic carbocycles. The predicted octanol–water partition coefficient (Wildman–Crippen LogP) is 2.61. The number of aryl methyl sites for hydroxylation is 2. The molecule has 1 atom stereocenters. The summed E-state index contributed by atoms with van der Waals surface area (Å²) < 4.78 is 11.0. The van der Waals surface area contributed by atoms with Crippen LogP contribution in [0.2, 0.25) is 0 Å². The van der Waals surface area contributed by atoms with Crippen LogP contribution in [-0.4, -0.2) is 31.3 Å². The van der Waals surface area contributed by atoms with Gasteiger partial charge < -0.3 is 9.47 Å². The van der Waals surface area contributed by atoms with E-state index >= 15 is 0 Å². The van der Waals surface area contributed by atoms with E-state index in [1.165, 1.54) is 0 Å². The molecule has 0 aliphatic rings. The molecule has 0 aromatic heterocycles. The van der Waals surface area contributed by atoms with E-state index in [1.807, 2.05) is 39.0 Å². The molecule has 0 aliphatic heterocycles. The van der Waals surface area contributed by atoms with E-state index in [1.54, 1.807) is 13.8 Å². The van der Waals surface area contributed by atoms with Crippen LogP contribution in [0.3, 0.4) is 0 Å². The largest absolute Gasteiger partial charge is 0.491 e. The fraction of sp³-hybridized carbons (Fsp3) is 0.562. The van der Waals surface area contributed by atoms with Crippen molar-refractivity contribution in [1.29, 1.82) is 0 Å².